The van der Waals surface area contributed by atoms with Crippen LogP contribution in [0.2, 0.25) is 0 Å². The van der Waals surface area contributed by atoms with Crippen LogP contribution < -0.4 is 0 Å². The minimum absolute atomic E-state index is 0.00380. The zero-order chi connectivity index (χ0) is 24.2. The summed E-state index contributed by atoms with van der Waals surface area (Å²) in [6, 6.07) is -0.354. The van der Waals surface area contributed by atoms with Crippen molar-refractivity contribution in [3.63, 3.8) is 0 Å². The van der Waals surface area contributed by atoms with Gasteiger partial charge >= 0.3 is 5.97 Å². The van der Waals surface area contributed by atoms with Crippen LogP contribution in [0.4, 0.5) is 0 Å². The number of hydrogen-bond acceptors (Lipinski definition) is 7. The molecule has 186 valence electrons. The Morgan fingerprint density at radius 2 is 1.76 bits per heavy atom. The summed E-state index contributed by atoms with van der Waals surface area (Å²) in [6.07, 6.45) is 9.02. The van der Waals surface area contributed by atoms with Crippen LogP contribution in [0.5, 0.6) is 0 Å². The molecule has 3 aliphatic heterocycles. The molecule has 1 aliphatic carbocycles. The van der Waals surface area contributed by atoms with E-state index in [0.717, 1.165) is 19.3 Å². The molecule has 10 heteroatoms. The van der Waals surface area contributed by atoms with Gasteiger partial charge in [0.2, 0.25) is 5.91 Å². The molecule has 3 fully saturated rings. The molecule has 1 saturated carbocycles. The van der Waals surface area contributed by atoms with Crippen molar-refractivity contribution >= 4 is 51.1 Å². The Labute approximate surface area is 207 Å². The molecule has 0 aromatic carbocycles. The van der Waals surface area contributed by atoms with Crippen molar-refractivity contribution in [3.05, 3.63) is 12.2 Å². The van der Waals surface area contributed by atoms with Crippen molar-refractivity contribution in [3.8, 4) is 0 Å². The maximum absolute atomic E-state index is 13.2. The van der Waals surface area contributed by atoms with Crippen molar-refractivity contribution in [1.82, 2.24) is 9.80 Å². The largest absolute Gasteiger partial charge is 0.481 e. The average molecular weight is 509 g/mol. The SMILES string of the molecule is O=C(O)C1CCC(CC(=O)[C@@H]2CCCN2C(=O)CCCCCN2C(=O)C=CC2=O)C2SSC2C1. The highest BCUT2D eigenvalue weighted by atomic mass is 33.1. The van der Waals surface area contributed by atoms with Gasteiger partial charge in [-0.25, -0.2) is 0 Å². The second-order valence-electron chi connectivity index (χ2n) is 9.69. The number of rotatable bonds is 10. The fraction of sp³-hybridized carbons (Fsp3) is 0.708. The van der Waals surface area contributed by atoms with Crippen molar-refractivity contribution in [2.45, 2.75) is 80.7 Å². The van der Waals surface area contributed by atoms with E-state index >= 15 is 0 Å². The van der Waals surface area contributed by atoms with Crippen LogP contribution in [0.3, 0.4) is 0 Å². The molecular weight excluding hydrogens is 476 g/mol. The number of carboxylic acid groups (broad SMARTS) is 1. The van der Waals surface area contributed by atoms with E-state index < -0.39 is 5.97 Å². The molecule has 3 amide bonds. The number of fused-ring (bicyclic) bond motifs is 1. The Bertz CT molecular complexity index is 860. The third kappa shape index (κ3) is 5.70. The molecule has 0 aromatic heterocycles. The van der Waals surface area contributed by atoms with E-state index in [1.807, 2.05) is 0 Å². The Morgan fingerprint density at radius 3 is 2.44 bits per heavy atom. The molecule has 4 aliphatic rings. The second-order valence-corrected chi connectivity index (χ2v) is 12.4. The van der Waals surface area contributed by atoms with Gasteiger partial charge in [-0.1, -0.05) is 28.0 Å². The number of unbranched alkanes of at least 4 members (excludes halogenated alkanes) is 2. The quantitative estimate of drug-likeness (QED) is 0.272. The molecule has 4 unspecified atom stereocenters. The lowest BCUT2D eigenvalue weighted by atomic mass is 9.90. The Kier molecular flexibility index (Phi) is 8.39. The van der Waals surface area contributed by atoms with Gasteiger partial charge in [0.05, 0.1) is 12.0 Å². The van der Waals surface area contributed by atoms with Crippen molar-refractivity contribution in [1.29, 1.82) is 0 Å². The topological polar surface area (TPSA) is 112 Å². The minimum Gasteiger partial charge on any atom is -0.481 e. The smallest absolute Gasteiger partial charge is 0.306 e. The van der Waals surface area contributed by atoms with Crippen LogP contribution in [0.25, 0.3) is 0 Å². The lowest BCUT2D eigenvalue weighted by molar-refractivity contribution is -0.142. The highest BCUT2D eigenvalue weighted by molar-refractivity contribution is 8.80. The van der Waals surface area contributed by atoms with Crippen molar-refractivity contribution < 1.29 is 29.1 Å². The number of carbonyl (C=O) groups is 5. The summed E-state index contributed by atoms with van der Waals surface area (Å²) < 4.78 is 0. The summed E-state index contributed by atoms with van der Waals surface area (Å²) in [5.41, 5.74) is 0. The maximum atomic E-state index is 13.2. The van der Waals surface area contributed by atoms with Gasteiger partial charge in [-0.15, -0.1) is 0 Å². The molecule has 2 saturated heterocycles. The molecule has 1 N–H and O–H groups in total. The standard InChI is InChI=1S/C24H32N2O6S2/c27-18(13-15-7-8-16(24(31)32)14-19-23(15)34-33-19)17-5-4-12-25(17)20(28)6-2-1-3-11-26-21(29)9-10-22(26)30/h9-10,15-17,19,23H,1-8,11-14H2,(H,31,32)/t15?,16?,17-,19?,23?/m0/s1. The normalized spacial score (nSPS) is 30.8. The molecular formula is C24H32N2O6S2. The number of hydrogen-bond donors (Lipinski definition) is 1. The first-order chi connectivity index (χ1) is 16.3. The van der Waals surface area contributed by atoms with Gasteiger partial charge < -0.3 is 10.0 Å². The molecule has 0 aromatic rings. The number of ketones is 1. The number of carbonyl (C=O) groups excluding carboxylic acids is 4. The van der Waals surface area contributed by atoms with Gasteiger partial charge in [0.25, 0.3) is 11.8 Å². The van der Waals surface area contributed by atoms with Crippen molar-refractivity contribution in [2.75, 3.05) is 13.1 Å². The summed E-state index contributed by atoms with van der Waals surface area (Å²) in [4.78, 5) is 63.7. The van der Waals surface area contributed by atoms with Crippen LogP contribution in [-0.4, -0.2) is 74.0 Å². The first kappa shape index (κ1) is 25.3. The van der Waals surface area contributed by atoms with Gasteiger partial charge in [0.1, 0.15) is 0 Å². The Morgan fingerprint density at radius 1 is 1.00 bits per heavy atom. The minimum atomic E-state index is -0.730. The number of carboxylic acids is 1. The lowest BCUT2D eigenvalue weighted by Gasteiger charge is -2.39. The lowest BCUT2D eigenvalue weighted by Crippen LogP contribution is -2.42. The molecule has 0 bridgehead atoms. The van der Waals surface area contributed by atoms with E-state index in [2.05, 4.69) is 0 Å². The fourth-order valence-corrected chi connectivity index (χ4v) is 8.81. The Balaban J connectivity index is 1.22. The van der Waals surface area contributed by atoms with Crippen LogP contribution in [0.1, 0.15) is 64.2 Å². The van der Waals surface area contributed by atoms with Crippen molar-refractivity contribution in [2.24, 2.45) is 11.8 Å². The first-order valence-corrected chi connectivity index (χ1v) is 14.5. The number of Topliss-reactive ketones (excluding diaryl/α,β-unsaturated/α-hetero) is 1. The molecule has 0 radical (unpaired) electrons. The number of nitrogens with zero attached hydrogens (tertiary/aromatic N) is 2. The molecule has 4 rings (SSSR count). The molecule has 8 nitrogen and oxygen atoms in total. The van der Waals surface area contributed by atoms with Crippen LogP contribution in [0, 0.1) is 11.8 Å². The monoisotopic (exact) mass is 508 g/mol. The van der Waals surface area contributed by atoms with E-state index in [-0.39, 0.29) is 41.4 Å². The van der Waals surface area contributed by atoms with E-state index in [4.69, 9.17) is 0 Å². The zero-order valence-corrected chi connectivity index (χ0v) is 20.9. The van der Waals surface area contributed by atoms with E-state index in [1.54, 1.807) is 26.5 Å². The fourth-order valence-electron chi connectivity index (χ4n) is 5.49. The molecule has 0 spiro atoms. The van der Waals surface area contributed by atoms with E-state index in [1.165, 1.54) is 17.1 Å². The molecule has 5 atom stereocenters. The van der Waals surface area contributed by atoms with E-state index in [0.29, 0.717) is 68.5 Å². The molecule has 34 heavy (non-hydrogen) atoms. The summed E-state index contributed by atoms with van der Waals surface area (Å²) >= 11 is 0. The highest BCUT2D eigenvalue weighted by Gasteiger charge is 2.45. The predicted octanol–water partition coefficient (Wildman–Crippen LogP) is 3.06. The van der Waals surface area contributed by atoms with Crippen LogP contribution in [0.15, 0.2) is 12.2 Å². The number of likely N-dealkylation sites (tertiary alicyclic amines) is 1. The number of aliphatic carboxylic acids is 1. The van der Waals surface area contributed by atoms with Gasteiger partial charge in [0.15, 0.2) is 5.78 Å². The number of amides is 3. The third-order valence-corrected chi connectivity index (χ3v) is 11.1. The number of imide groups is 1. The van der Waals surface area contributed by atoms with Gasteiger partial charge in [-0.3, -0.25) is 28.9 Å². The summed E-state index contributed by atoms with van der Waals surface area (Å²) in [5.74, 6) is -1.29. The van der Waals surface area contributed by atoms with Gasteiger partial charge in [-0.2, -0.15) is 0 Å². The molecule has 3 heterocycles. The van der Waals surface area contributed by atoms with Gasteiger partial charge in [0, 0.05) is 48.6 Å². The maximum Gasteiger partial charge on any atom is 0.306 e. The summed E-state index contributed by atoms with van der Waals surface area (Å²) in [6.45, 7) is 0.979. The second kappa shape index (κ2) is 11.3. The van der Waals surface area contributed by atoms with Crippen LogP contribution in [-0.2, 0) is 24.0 Å². The van der Waals surface area contributed by atoms with E-state index in [9.17, 15) is 29.1 Å². The highest BCUT2D eigenvalue weighted by Crippen LogP contribution is 2.56. The summed E-state index contributed by atoms with van der Waals surface area (Å²) in [5, 5.41) is 10.1. The zero-order valence-electron chi connectivity index (χ0n) is 19.2. The van der Waals surface area contributed by atoms with Gasteiger partial charge in [-0.05, 0) is 50.9 Å². The Hall–Kier alpha value is -1.81. The average Bonchev–Trinajstić information content (AvgIpc) is 3.36. The van der Waals surface area contributed by atoms with Crippen LogP contribution >= 0.6 is 21.6 Å². The first-order valence-electron chi connectivity index (χ1n) is 12.3. The predicted molar refractivity (Wildman–Crippen MR) is 130 cm³/mol. The third-order valence-electron chi connectivity index (χ3n) is 7.45. The summed E-state index contributed by atoms with van der Waals surface area (Å²) in [7, 11) is 3.53.